The highest BCUT2D eigenvalue weighted by Gasteiger charge is 2.32. The number of carbonyl (C=O) groups excluding carboxylic acids is 1. The van der Waals surface area contributed by atoms with Crippen LogP contribution < -0.4 is 0 Å². The maximum Gasteiger partial charge on any atom is 0.410 e. The summed E-state index contributed by atoms with van der Waals surface area (Å²) in [5, 5.41) is 10.5. The zero-order valence-electron chi connectivity index (χ0n) is 15.8. The number of nitrogens with zero attached hydrogens (tertiary/aromatic N) is 2. The maximum atomic E-state index is 12.4. The zero-order chi connectivity index (χ0) is 20.1. The number of rotatable bonds is 2. The molecule has 3 heterocycles. The van der Waals surface area contributed by atoms with E-state index in [1.54, 1.807) is 4.90 Å². The summed E-state index contributed by atoms with van der Waals surface area (Å²) in [6.45, 7) is 6.35. The first-order chi connectivity index (χ1) is 13.2. The summed E-state index contributed by atoms with van der Waals surface area (Å²) < 4.78 is 6.49. The Balaban J connectivity index is 1.72. The number of hydrogen-bond donors (Lipinski definition) is 1. The smallest absolute Gasteiger partial charge is 0.410 e. The molecule has 1 N–H and O–H groups in total. The standard InChI is InChI=1S/C20H20N2O4S2/c1-20(2,3)26-19(25)22-9-8-11-14(10-22)27-16(18(23)24)15(11)17-21-12-6-4-5-7-13(12)28-17/h4-7H,8-10H2,1-3H3,(H,23,24). The normalized spacial score (nSPS) is 14.2. The minimum Gasteiger partial charge on any atom is -0.477 e. The van der Waals surface area contributed by atoms with Gasteiger partial charge in [-0.15, -0.1) is 22.7 Å². The largest absolute Gasteiger partial charge is 0.477 e. The Kier molecular flexibility index (Phi) is 4.63. The van der Waals surface area contributed by atoms with Crippen molar-refractivity contribution in [2.24, 2.45) is 0 Å². The van der Waals surface area contributed by atoms with Gasteiger partial charge in [0.2, 0.25) is 0 Å². The van der Waals surface area contributed by atoms with Crippen molar-refractivity contribution in [3.05, 3.63) is 39.6 Å². The number of ether oxygens (including phenoxy) is 1. The van der Waals surface area contributed by atoms with E-state index in [0.717, 1.165) is 25.7 Å². The molecule has 0 atom stereocenters. The second-order valence-corrected chi connectivity index (χ2v) is 9.79. The number of aromatic carboxylic acids is 1. The lowest BCUT2D eigenvalue weighted by Gasteiger charge is -2.30. The lowest BCUT2D eigenvalue weighted by molar-refractivity contribution is 0.0226. The van der Waals surface area contributed by atoms with Crippen LogP contribution in [0.4, 0.5) is 4.79 Å². The second-order valence-electron chi connectivity index (χ2n) is 7.65. The van der Waals surface area contributed by atoms with Crippen LogP contribution in [0.3, 0.4) is 0 Å². The van der Waals surface area contributed by atoms with E-state index >= 15 is 0 Å². The Labute approximate surface area is 170 Å². The minimum atomic E-state index is -0.961. The summed E-state index contributed by atoms with van der Waals surface area (Å²) in [6.07, 6.45) is 0.217. The number of para-hydroxylation sites is 1. The van der Waals surface area contributed by atoms with Gasteiger partial charge in [0, 0.05) is 17.0 Å². The molecule has 8 heteroatoms. The Morgan fingerprint density at radius 1 is 1.21 bits per heavy atom. The fourth-order valence-corrected chi connectivity index (χ4v) is 5.55. The average Bonchev–Trinajstić information content (AvgIpc) is 3.20. The van der Waals surface area contributed by atoms with Gasteiger partial charge in [0.15, 0.2) is 0 Å². The summed E-state index contributed by atoms with van der Waals surface area (Å²) in [4.78, 5) is 31.8. The molecular weight excluding hydrogens is 396 g/mol. The second kappa shape index (κ2) is 6.86. The Morgan fingerprint density at radius 3 is 2.64 bits per heavy atom. The lowest BCUT2D eigenvalue weighted by Crippen LogP contribution is -2.39. The number of fused-ring (bicyclic) bond motifs is 2. The van der Waals surface area contributed by atoms with Gasteiger partial charge in [0.1, 0.15) is 15.5 Å². The van der Waals surface area contributed by atoms with Gasteiger partial charge in [-0.3, -0.25) is 0 Å². The van der Waals surface area contributed by atoms with Crippen LogP contribution in [0, 0.1) is 0 Å². The number of thiophene rings is 1. The number of thiazole rings is 1. The SMILES string of the molecule is CC(C)(C)OC(=O)N1CCc2c(sc(C(=O)O)c2-c2nc3ccccc3s2)C1. The Morgan fingerprint density at radius 2 is 1.96 bits per heavy atom. The first kappa shape index (κ1) is 18.9. The highest BCUT2D eigenvalue weighted by atomic mass is 32.1. The highest BCUT2D eigenvalue weighted by molar-refractivity contribution is 7.22. The van der Waals surface area contributed by atoms with Gasteiger partial charge < -0.3 is 14.7 Å². The third kappa shape index (κ3) is 3.49. The summed E-state index contributed by atoms with van der Waals surface area (Å²) in [7, 11) is 0. The van der Waals surface area contributed by atoms with E-state index in [4.69, 9.17) is 4.74 Å². The number of carbonyl (C=O) groups is 2. The third-order valence-electron chi connectivity index (χ3n) is 4.41. The first-order valence-electron chi connectivity index (χ1n) is 8.94. The molecule has 1 aliphatic heterocycles. The van der Waals surface area contributed by atoms with Gasteiger partial charge in [-0.05, 0) is 44.9 Å². The van der Waals surface area contributed by atoms with Gasteiger partial charge in [-0.1, -0.05) is 12.1 Å². The van der Waals surface area contributed by atoms with Crippen LogP contribution in [-0.4, -0.2) is 39.2 Å². The minimum absolute atomic E-state index is 0.287. The van der Waals surface area contributed by atoms with E-state index in [1.807, 2.05) is 45.0 Å². The molecule has 4 rings (SSSR count). The zero-order valence-corrected chi connectivity index (χ0v) is 17.4. The number of carboxylic acids is 1. The van der Waals surface area contributed by atoms with E-state index in [-0.39, 0.29) is 11.0 Å². The van der Waals surface area contributed by atoms with E-state index in [9.17, 15) is 14.7 Å². The predicted octanol–water partition coefficient (Wildman–Crippen LogP) is 5.02. The number of amides is 1. The molecule has 0 bridgehead atoms. The number of hydrogen-bond acceptors (Lipinski definition) is 6. The van der Waals surface area contributed by atoms with E-state index in [0.29, 0.717) is 25.1 Å². The molecule has 0 radical (unpaired) electrons. The quantitative estimate of drug-likeness (QED) is 0.635. The van der Waals surface area contributed by atoms with Crippen LogP contribution in [-0.2, 0) is 17.7 Å². The van der Waals surface area contributed by atoms with Crippen LogP contribution >= 0.6 is 22.7 Å². The molecule has 0 spiro atoms. The van der Waals surface area contributed by atoms with Gasteiger partial charge in [0.05, 0.1) is 16.8 Å². The van der Waals surface area contributed by atoms with Crippen LogP contribution in [0.2, 0.25) is 0 Å². The molecule has 2 aromatic heterocycles. The van der Waals surface area contributed by atoms with Gasteiger partial charge in [-0.2, -0.15) is 0 Å². The van der Waals surface area contributed by atoms with Gasteiger partial charge >= 0.3 is 12.1 Å². The van der Waals surface area contributed by atoms with E-state index in [2.05, 4.69) is 4.98 Å². The molecule has 0 unspecified atom stereocenters. The van der Waals surface area contributed by atoms with Crippen molar-refractivity contribution in [2.45, 2.75) is 39.3 Å². The summed E-state index contributed by atoms with van der Waals surface area (Å²) in [5.74, 6) is -0.961. The topological polar surface area (TPSA) is 79.7 Å². The maximum absolute atomic E-state index is 12.4. The van der Waals surface area contributed by atoms with Crippen LogP contribution in [0.5, 0.6) is 0 Å². The summed E-state index contributed by atoms with van der Waals surface area (Å²) >= 11 is 2.73. The van der Waals surface area contributed by atoms with Crippen molar-refractivity contribution in [3.8, 4) is 10.6 Å². The molecule has 0 aliphatic carbocycles. The molecule has 1 amide bonds. The summed E-state index contributed by atoms with van der Waals surface area (Å²) in [5.41, 5.74) is 1.99. The molecule has 1 aliphatic rings. The fourth-order valence-electron chi connectivity index (χ4n) is 3.24. The van der Waals surface area contributed by atoms with Crippen molar-refractivity contribution < 1.29 is 19.4 Å². The van der Waals surface area contributed by atoms with Crippen molar-refractivity contribution >= 4 is 45.0 Å². The molecule has 0 saturated carbocycles. The van der Waals surface area contributed by atoms with E-state index < -0.39 is 11.6 Å². The summed E-state index contributed by atoms with van der Waals surface area (Å²) in [6, 6.07) is 7.79. The number of aromatic nitrogens is 1. The van der Waals surface area contributed by atoms with Crippen molar-refractivity contribution in [3.63, 3.8) is 0 Å². The monoisotopic (exact) mass is 416 g/mol. The highest BCUT2D eigenvalue weighted by Crippen LogP contribution is 2.42. The molecule has 3 aromatic rings. The molecule has 0 saturated heterocycles. The molecule has 6 nitrogen and oxygen atoms in total. The molecule has 146 valence electrons. The van der Waals surface area contributed by atoms with Gasteiger partial charge in [0.25, 0.3) is 0 Å². The predicted molar refractivity (Wildman–Crippen MR) is 110 cm³/mol. The van der Waals surface area contributed by atoms with Gasteiger partial charge in [-0.25, -0.2) is 14.6 Å². The van der Waals surface area contributed by atoms with Crippen molar-refractivity contribution in [1.82, 2.24) is 9.88 Å². The van der Waals surface area contributed by atoms with Crippen LogP contribution in [0.15, 0.2) is 24.3 Å². The lowest BCUT2D eigenvalue weighted by atomic mass is 10.0. The van der Waals surface area contributed by atoms with Crippen LogP contribution in [0.1, 0.15) is 40.9 Å². The Hall–Kier alpha value is -2.45. The fraction of sp³-hybridized carbons (Fsp3) is 0.350. The molecular formula is C20H20N2O4S2. The van der Waals surface area contributed by atoms with E-state index in [1.165, 1.54) is 22.7 Å². The molecule has 0 fully saturated rings. The Bertz CT molecular complexity index is 1040. The number of carboxylic acid groups (broad SMARTS) is 1. The van der Waals surface area contributed by atoms with Crippen molar-refractivity contribution in [2.75, 3.05) is 6.54 Å². The molecule has 28 heavy (non-hydrogen) atoms. The molecule has 1 aromatic carbocycles. The number of benzene rings is 1. The van der Waals surface area contributed by atoms with Crippen molar-refractivity contribution in [1.29, 1.82) is 0 Å². The third-order valence-corrected chi connectivity index (χ3v) is 6.67. The average molecular weight is 417 g/mol. The first-order valence-corrected chi connectivity index (χ1v) is 10.6. The van der Waals surface area contributed by atoms with Crippen LogP contribution in [0.25, 0.3) is 20.8 Å².